The molecule has 0 radical (unpaired) electrons. The van der Waals surface area contributed by atoms with Crippen LogP contribution in [0.1, 0.15) is 49.7 Å². The van der Waals surface area contributed by atoms with Crippen LogP contribution in [0.15, 0.2) is 33.9 Å². The zero-order valence-corrected chi connectivity index (χ0v) is 19.5. The maximum absolute atomic E-state index is 13.6. The molecule has 0 aliphatic heterocycles. The highest BCUT2D eigenvalue weighted by Gasteiger charge is 2.28. The number of thiophene rings is 1. The molecule has 9 heteroatoms. The number of hydrogen-bond donors (Lipinski definition) is 2. The number of hydrogen-bond acceptors (Lipinski definition) is 5. The molecule has 2 aromatic heterocycles. The van der Waals surface area contributed by atoms with Gasteiger partial charge in [0.05, 0.1) is 5.02 Å². The summed E-state index contributed by atoms with van der Waals surface area (Å²) in [6, 6.07) is 7.49. The molecule has 2 heterocycles. The molecule has 3 N–H and O–H groups in total. The van der Waals surface area contributed by atoms with Crippen LogP contribution in [0.5, 0.6) is 0 Å². The summed E-state index contributed by atoms with van der Waals surface area (Å²) in [7, 11) is 0. The van der Waals surface area contributed by atoms with Crippen molar-refractivity contribution in [3.05, 3.63) is 55.0 Å². The normalized spacial score (nSPS) is 11.4. The lowest BCUT2D eigenvalue weighted by Gasteiger charge is -2.25. The lowest BCUT2D eigenvalue weighted by Crippen LogP contribution is -2.41. The number of rotatable bonds is 8. The van der Waals surface area contributed by atoms with Crippen LogP contribution in [-0.2, 0) is 6.54 Å². The van der Waals surface area contributed by atoms with E-state index in [1.54, 1.807) is 0 Å². The lowest BCUT2D eigenvalue weighted by atomic mass is 10.1. The standard InChI is InChI=1S/C22H27ClN4O3S/c1-4-5-11-27-19(24)17(20(28)25-22(27)30)26(12-10-13(2)3)21(29)18-16(23)14-8-6-7-9-15(14)31-18/h6-9,13H,4-5,10-12,24H2,1-3H3,(H,25,28,30). The molecule has 31 heavy (non-hydrogen) atoms. The third-order valence-electron chi connectivity index (χ3n) is 5.12. The number of nitrogens with two attached hydrogens (primary N) is 1. The number of fused-ring (bicyclic) bond motifs is 1. The van der Waals surface area contributed by atoms with Gasteiger partial charge in [0.2, 0.25) is 0 Å². The number of nitrogen functional groups attached to an aromatic ring is 1. The molecule has 0 aliphatic carbocycles. The topological polar surface area (TPSA) is 101 Å². The Morgan fingerprint density at radius 2 is 2.00 bits per heavy atom. The van der Waals surface area contributed by atoms with Crippen molar-refractivity contribution in [1.82, 2.24) is 9.55 Å². The first-order valence-corrected chi connectivity index (χ1v) is 11.6. The molecule has 7 nitrogen and oxygen atoms in total. The number of aromatic nitrogens is 2. The van der Waals surface area contributed by atoms with Crippen LogP contribution in [0.25, 0.3) is 10.1 Å². The van der Waals surface area contributed by atoms with Crippen molar-refractivity contribution in [2.24, 2.45) is 5.92 Å². The first-order valence-electron chi connectivity index (χ1n) is 10.4. The molecule has 0 atom stereocenters. The van der Waals surface area contributed by atoms with E-state index in [1.165, 1.54) is 20.8 Å². The molecule has 166 valence electrons. The Morgan fingerprint density at radius 3 is 2.65 bits per heavy atom. The minimum Gasteiger partial charge on any atom is -0.383 e. The molecule has 0 aliphatic rings. The van der Waals surface area contributed by atoms with Crippen molar-refractivity contribution in [2.75, 3.05) is 17.2 Å². The van der Waals surface area contributed by atoms with E-state index in [4.69, 9.17) is 17.3 Å². The van der Waals surface area contributed by atoms with Gasteiger partial charge >= 0.3 is 5.69 Å². The van der Waals surface area contributed by atoms with Gasteiger partial charge in [-0.1, -0.05) is 57.0 Å². The molecule has 3 rings (SSSR count). The second kappa shape index (κ2) is 9.70. The largest absolute Gasteiger partial charge is 0.383 e. The van der Waals surface area contributed by atoms with Crippen molar-refractivity contribution in [3.63, 3.8) is 0 Å². The van der Waals surface area contributed by atoms with Crippen LogP contribution in [0.3, 0.4) is 0 Å². The van der Waals surface area contributed by atoms with Gasteiger partial charge < -0.3 is 5.73 Å². The number of unbranched alkanes of at least 4 members (excludes halogenated alkanes) is 1. The van der Waals surface area contributed by atoms with E-state index in [9.17, 15) is 14.4 Å². The molecule has 0 bridgehead atoms. The molecule has 0 unspecified atom stereocenters. The summed E-state index contributed by atoms with van der Waals surface area (Å²) >= 11 is 7.82. The van der Waals surface area contributed by atoms with Gasteiger partial charge in [-0.05, 0) is 24.8 Å². The monoisotopic (exact) mass is 462 g/mol. The van der Waals surface area contributed by atoms with Gasteiger partial charge in [0.1, 0.15) is 10.7 Å². The quantitative estimate of drug-likeness (QED) is 0.515. The van der Waals surface area contributed by atoms with Gasteiger partial charge in [-0.2, -0.15) is 0 Å². The number of amides is 1. The Labute approximate surface area is 189 Å². The number of carbonyl (C=O) groups is 1. The van der Waals surface area contributed by atoms with Crippen molar-refractivity contribution in [2.45, 2.75) is 46.6 Å². The van der Waals surface area contributed by atoms with Crippen molar-refractivity contribution < 1.29 is 4.79 Å². The van der Waals surface area contributed by atoms with E-state index in [2.05, 4.69) is 4.98 Å². The molecule has 0 saturated carbocycles. The van der Waals surface area contributed by atoms with Gasteiger partial charge in [-0.3, -0.25) is 24.0 Å². The number of carbonyl (C=O) groups excluding carboxylic acids is 1. The van der Waals surface area contributed by atoms with E-state index in [0.717, 1.165) is 22.9 Å². The van der Waals surface area contributed by atoms with E-state index in [0.29, 0.717) is 28.8 Å². The number of anilines is 2. The Bertz CT molecular complexity index is 1210. The maximum Gasteiger partial charge on any atom is 0.330 e. The molecular weight excluding hydrogens is 436 g/mol. The number of aromatic amines is 1. The summed E-state index contributed by atoms with van der Waals surface area (Å²) in [5.74, 6) is -0.110. The molecule has 0 spiro atoms. The second-order valence-electron chi connectivity index (χ2n) is 7.88. The number of nitrogens with zero attached hydrogens (tertiary/aromatic N) is 2. The zero-order chi connectivity index (χ0) is 22.7. The molecule has 0 fully saturated rings. The van der Waals surface area contributed by atoms with Crippen LogP contribution in [-0.4, -0.2) is 22.0 Å². The zero-order valence-electron chi connectivity index (χ0n) is 17.9. The number of nitrogens with one attached hydrogen (secondary N) is 1. The van der Waals surface area contributed by atoms with Gasteiger partial charge in [0.25, 0.3) is 11.5 Å². The van der Waals surface area contributed by atoms with Crippen LogP contribution >= 0.6 is 22.9 Å². The van der Waals surface area contributed by atoms with E-state index in [-0.39, 0.29) is 18.1 Å². The highest BCUT2D eigenvalue weighted by molar-refractivity contribution is 7.21. The maximum atomic E-state index is 13.6. The van der Waals surface area contributed by atoms with Gasteiger partial charge in [0.15, 0.2) is 5.69 Å². The van der Waals surface area contributed by atoms with Crippen molar-refractivity contribution in [1.29, 1.82) is 0 Å². The fourth-order valence-electron chi connectivity index (χ4n) is 3.35. The van der Waals surface area contributed by atoms with E-state index < -0.39 is 17.2 Å². The van der Waals surface area contributed by atoms with E-state index in [1.807, 2.05) is 45.0 Å². The Kier molecular flexibility index (Phi) is 7.23. The predicted molar refractivity (Wildman–Crippen MR) is 129 cm³/mol. The van der Waals surface area contributed by atoms with Crippen LogP contribution in [0, 0.1) is 5.92 Å². The lowest BCUT2D eigenvalue weighted by molar-refractivity contribution is 0.0989. The average Bonchev–Trinajstić information content (AvgIpc) is 3.06. The molecule has 1 aromatic carbocycles. The Balaban J connectivity index is 2.15. The average molecular weight is 463 g/mol. The highest BCUT2D eigenvalue weighted by atomic mass is 35.5. The number of halogens is 1. The summed E-state index contributed by atoms with van der Waals surface area (Å²) in [4.78, 5) is 42.8. The van der Waals surface area contributed by atoms with Crippen molar-refractivity contribution in [3.8, 4) is 0 Å². The third kappa shape index (κ3) is 4.70. The Morgan fingerprint density at radius 1 is 1.29 bits per heavy atom. The fourth-order valence-corrected chi connectivity index (χ4v) is 4.81. The summed E-state index contributed by atoms with van der Waals surface area (Å²) in [5.41, 5.74) is 5.03. The van der Waals surface area contributed by atoms with Gasteiger partial charge in [0, 0.05) is 23.2 Å². The van der Waals surface area contributed by atoms with E-state index >= 15 is 0 Å². The molecule has 3 aromatic rings. The van der Waals surface area contributed by atoms with Crippen LogP contribution in [0.2, 0.25) is 5.02 Å². The summed E-state index contributed by atoms with van der Waals surface area (Å²) in [5, 5.41) is 1.14. The third-order valence-corrected chi connectivity index (χ3v) is 6.79. The summed E-state index contributed by atoms with van der Waals surface area (Å²) in [6.07, 6.45) is 2.23. The highest BCUT2D eigenvalue weighted by Crippen LogP contribution is 2.36. The van der Waals surface area contributed by atoms with Gasteiger partial charge in [-0.25, -0.2) is 4.79 Å². The molecule has 1 amide bonds. The van der Waals surface area contributed by atoms with Gasteiger partial charge in [-0.15, -0.1) is 11.3 Å². The SMILES string of the molecule is CCCCn1c(N)c(N(CCC(C)C)C(=O)c2sc3ccccc3c2Cl)c(=O)[nH]c1=O. The fraction of sp³-hybridized carbons (Fsp3) is 0.409. The molecular formula is C22H27ClN4O3S. The summed E-state index contributed by atoms with van der Waals surface area (Å²) < 4.78 is 2.21. The second-order valence-corrected chi connectivity index (χ2v) is 9.31. The summed E-state index contributed by atoms with van der Waals surface area (Å²) in [6.45, 7) is 6.70. The molecule has 0 saturated heterocycles. The first kappa shape index (κ1) is 23.1. The Hall–Kier alpha value is -2.58. The number of benzene rings is 1. The van der Waals surface area contributed by atoms with Crippen LogP contribution < -0.4 is 21.9 Å². The van der Waals surface area contributed by atoms with Crippen molar-refractivity contribution >= 4 is 50.4 Å². The van der Waals surface area contributed by atoms with Crippen LogP contribution in [0.4, 0.5) is 11.5 Å². The smallest absolute Gasteiger partial charge is 0.330 e. The minimum absolute atomic E-state index is 0.00320. The minimum atomic E-state index is -0.676. The number of H-pyrrole nitrogens is 1. The predicted octanol–water partition coefficient (Wildman–Crippen LogP) is 4.48. The first-order chi connectivity index (χ1) is 14.8.